The number of hydrogen-bond donors (Lipinski definition) is 0. The Hall–Kier alpha value is -2.01. The number of allylic oxidation sites excluding steroid dienone is 2. The first-order chi connectivity index (χ1) is 10.3. The van der Waals surface area contributed by atoms with Crippen molar-refractivity contribution < 1.29 is 14.5 Å². The summed E-state index contributed by atoms with van der Waals surface area (Å²) in [6, 6.07) is 5.72. The van der Waals surface area contributed by atoms with Gasteiger partial charge in [-0.25, -0.2) is 0 Å². The van der Waals surface area contributed by atoms with Crippen molar-refractivity contribution >= 4 is 11.5 Å². The summed E-state index contributed by atoms with van der Waals surface area (Å²) in [5.74, 6) is -0.0303. The third-order valence-electron chi connectivity index (χ3n) is 4.00. The van der Waals surface area contributed by atoms with Crippen LogP contribution >= 0.6 is 0 Å². The van der Waals surface area contributed by atoms with Gasteiger partial charge in [0.05, 0.1) is 16.6 Å². The molecule has 1 saturated heterocycles. The average Bonchev–Trinajstić information content (AvgIpc) is 3.10. The molecule has 1 heterocycles. The van der Waals surface area contributed by atoms with Crippen LogP contribution in [-0.4, -0.2) is 22.4 Å². The number of ether oxygens (including phenoxy) is 1. The minimum Gasteiger partial charge on any atom is -0.367 e. The first-order valence-electron chi connectivity index (χ1n) is 7.41. The van der Waals surface area contributed by atoms with E-state index >= 15 is 0 Å². The smallest absolute Gasteiger partial charge is 0.269 e. The summed E-state index contributed by atoms with van der Waals surface area (Å²) in [5, 5.41) is 10.6. The highest BCUT2D eigenvalue weighted by molar-refractivity contribution is 5.97. The predicted molar refractivity (Wildman–Crippen MR) is 84.0 cm³/mol. The second-order valence-electron chi connectivity index (χ2n) is 6.23. The van der Waals surface area contributed by atoms with Crippen molar-refractivity contribution in [2.45, 2.75) is 51.7 Å². The SMILES string of the molecule is C/C(=C/CC(=O)c1ccc([N+](=O)[O-])cc1)CC[C@@H]1OC1(C)C. The Balaban J connectivity index is 1.83. The maximum atomic E-state index is 12.0. The van der Waals surface area contributed by atoms with E-state index in [0.717, 1.165) is 12.8 Å². The van der Waals surface area contributed by atoms with Crippen molar-refractivity contribution in [3.8, 4) is 0 Å². The summed E-state index contributed by atoms with van der Waals surface area (Å²) >= 11 is 0. The van der Waals surface area contributed by atoms with Gasteiger partial charge in [0.1, 0.15) is 0 Å². The number of carbonyl (C=O) groups is 1. The Labute approximate surface area is 130 Å². The molecule has 1 fully saturated rings. The van der Waals surface area contributed by atoms with Crippen LogP contribution in [0, 0.1) is 10.1 Å². The van der Waals surface area contributed by atoms with Crippen LogP contribution in [0.2, 0.25) is 0 Å². The lowest BCUT2D eigenvalue weighted by Gasteiger charge is -2.01. The number of rotatable bonds is 7. The molecule has 0 spiro atoms. The second kappa shape index (κ2) is 6.40. The standard InChI is InChI=1S/C17H21NO4/c1-12(5-11-16-17(2,3)22-16)4-10-15(19)13-6-8-14(9-7-13)18(20)21/h4,6-9,16H,5,10-11H2,1-3H3/b12-4-/t16-/m0/s1. The molecule has 1 aliphatic heterocycles. The van der Waals surface area contributed by atoms with Gasteiger partial charge in [-0.2, -0.15) is 0 Å². The molecule has 1 aromatic carbocycles. The summed E-state index contributed by atoms with van der Waals surface area (Å²) in [6.45, 7) is 6.17. The Morgan fingerprint density at radius 2 is 1.95 bits per heavy atom. The van der Waals surface area contributed by atoms with Crippen molar-refractivity contribution in [1.82, 2.24) is 0 Å². The molecule has 0 unspecified atom stereocenters. The molecule has 0 amide bonds. The van der Waals surface area contributed by atoms with Crippen molar-refractivity contribution in [1.29, 1.82) is 0 Å². The third-order valence-corrected chi connectivity index (χ3v) is 4.00. The highest BCUT2D eigenvalue weighted by atomic mass is 16.6. The van der Waals surface area contributed by atoms with Gasteiger partial charge < -0.3 is 4.74 Å². The van der Waals surface area contributed by atoms with E-state index in [1.165, 1.54) is 29.8 Å². The van der Waals surface area contributed by atoms with Crippen LogP contribution in [0.5, 0.6) is 0 Å². The van der Waals surface area contributed by atoms with Gasteiger partial charge in [-0.05, 0) is 45.7 Å². The fourth-order valence-electron chi connectivity index (χ4n) is 2.35. The van der Waals surface area contributed by atoms with Crippen LogP contribution in [0.1, 0.15) is 50.4 Å². The molecule has 1 atom stereocenters. The second-order valence-corrected chi connectivity index (χ2v) is 6.23. The van der Waals surface area contributed by atoms with E-state index in [0.29, 0.717) is 18.1 Å². The number of benzene rings is 1. The maximum absolute atomic E-state index is 12.0. The summed E-state index contributed by atoms with van der Waals surface area (Å²) in [4.78, 5) is 22.1. The lowest BCUT2D eigenvalue weighted by atomic mass is 10.0. The van der Waals surface area contributed by atoms with Gasteiger partial charge in [-0.3, -0.25) is 14.9 Å². The Morgan fingerprint density at radius 1 is 1.36 bits per heavy atom. The minimum atomic E-state index is -0.472. The highest BCUT2D eigenvalue weighted by Crippen LogP contribution is 2.38. The van der Waals surface area contributed by atoms with Crippen LogP contribution < -0.4 is 0 Å². The zero-order valence-electron chi connectivity index (χ0n) is 13.2. The zero-order valence-corrected chi connectivity index (χ0v) is 13.2. The van der Waals surface area contributed by atoms with E-state index in [2.05, 4.69) is 13.8 Å². The number of non-ortho nitro benzene ring substituents is 1. The number of nitrogens with zero attached hydrogens (tertiary/aromatic N) is 1. The first kappa shape index (κ1) is 16.4. The monoisotopic (exact) mass is 303 g/mol. The van der Waals surface area contributed by atoms with Crippen molar-refractivity contribution in [2.75, 3.05) is 0 Å². The van der Waals surface area contributed by atoms with E-state index in [1.807, 2.05) is 13.0 Å². The first-order valence-corrected chi connectivity index (χ1v) is 7.41. The topological polar surface area (TPSA) is 72.7 Å². The van der Waals surface area contributed by atoms with Crippen molar-refractivity contribution in [3.05, 3.63) is 51.6 Å². The fourth-order valence-corrected chi connectivity index (χ4v) is 2.35. The van der Waals surface area contributed by atoms with Crippen LogP contribution in [-0.2, 0) is 4.74 Å². The van der Waals surface area contributed by atoms with Gasteiger partial charge in [0.2, 0.25) is 0 Å². The predicted octanol–water partition coefficient (Wildman–Crippen LogP) is 4.07. The van der Waals surface area contributed by atoms with Crippen molar-refractivity contribution in [3.63, 3.8) is 0 Å². The normalized spacial score (nSPS) is 19.8. The molecule has 5 heteroatoms. The van der Waals surface area contributed by atoms with Crippen LogP contribution in [0.3, 0.4) is 0 Å². The Bertz CT molecular complexity index is 602. The van der Waals surface area contributed by atoms with E-state index in [-0.39, 0.29) is 17.1 Å². The lowest BCUT2D eigenvalue weighted by molar-refractivity contribution is -0.384. The molecule has 0 aliphatic carbocycles. The van der Waals surface area contributed by atoms with Crippen LogP contribution in [0.25, 0.3) is 0 Å². The summed E-state index contributed by atoms with van der Waals surface area (Å²) < 4.78 is 5.53. The zero-order chi connectivity index (χ0) is 16.3. The molecule has 0 N–H and O–H groups in total. The molecule has 1 aliphatic rings. The number of epoxide rings is 1. The quantitative estimate of drug-likeness (QED) is 0.250. The van der Waals surface area contributed by atoms with E-state index in [9.17, 15) is 14.9 Å². The van der Waals surface area contributed by atoms with E-state index in [4.69, 9.17) is 4.74 Å². The molecule has 0 bridgehead atoms. The number of hydrogen-bond acceptors (Lipinski definition) is 4. The molecule has 2 rings (SSSR count). The van der Waals surface area contributed by atoms with Gasteiger partial charge in [-0.15, -0.1) is 0 Å². The Kier molecular flexibility index (Phi) is 4.76. The molecule has 0 radical (unpaired) electrons. The molecule has 0 saturated carbocycles. The number of nitro groups is 1. The summed E-state index contributed by atoms with van der Waals surface area (Å²) in [5.41, 5.74) is 1.67. The fraction of sp³-hybridized carbons (Fsp3) is 0.471. The van der Waals surface area contributed by atoms with Crippen LogP contribution in [0.15, 0.2) is 35.9 Å². The summed E-state index contributed by atoms with van der Waals surface area (Å²) in [6.07, 6.45) is 4.46. The molecule has 22 heavy (non-hydrogen) atoms. The van der Waals surface area contributed by atoms with Gasteiger partial charge in [0, 0.05) is 24.1 Å². The number of nitro benzene ring substituents is 1. The number of carbonyl (C=O) groups excluding carboxylic acids is 1. The maximum Gasteiger partial charge on any atom is 0.269 e. The van der Waals surface area contributed by atoms with Gasteiger partial charge in [-0.1, -0.05) is 11.6 Å². The molecule has 0 aromatic heterocycles. The number of Topliss-reactive ketones (excluding diaryl/α,β-unsaturated/α-hetero) is 1. The molecular formula is C17H21NO4. The van der Waals surface area contributed by atoms with Gasteiger partial charge in [0.25, 0.3) is 5.69 Å². The highest BCUT2D eigenvalue weighted by Gasteiger charge is 2.46. The molecular weight excluding hydrogens is 282 g/mol. The third kappa shape index (κ3) is 4.24. The Morgan fingerprint density at radius 3 is 2.45 bits per heavy atom. The van der Waals surface area contributed by atoms with Gasteiger partial charge >= 0.3 is 0 Å². The summed E-state index contributed by atoms with van der Waals surface area (Å²) in [7, 11) is 0. The minimum absolute atomic E-state index is 0.00433. The average molecular weight is 303 g/mol. The molecule has 1 aromatic rings. The molecule has 118 valence electrons. The lowest BCUT2D eigenvalue weighted by Crippen LogP contribution is -2.03. The van der Waals surface area contributed by atoms with Gasteiger partial charge in [0.15, 0.2) is 5.78 Å². The number of ketones is 1. The van der Waals surface area contributed by atoms with Crippen LogP contribution in [0.4, 0.5) is 5.69 Å². The van der Waals surface area contributed by atoms with E-state index in [1.54, 1.807) is 0 Å². The van der Waals surface area contributed by atoms with E-state index < -0.39 is 4.92 Å². The van der Waals surface area contributed by atoms with Crippen molar-refractivity contribution in [2.24, 2.45) is 0 Å². The largest absolute Gasteiger partial charge is 0.367 e. The molecule has 5 nitrogen and oxygen atoms in total.